The monoisotopic (exact) mass is 257 g/mol. The predicted octanol–water partition coefficient (Wildman–Crippen LogP) is 3.26. The maximum Gasteiger partial charge on any atom is 0.227 e. The lowest BCUT2D eigenvalue weighted by atomic mass is 9.88. The number of benzene rings is 1. The van der Waals surface area contributed by atoms with Gasteiger partial charge in [-0.1, -0.05) is 18.6 Å². The highest BCUT2D eigenvalue weighted by Crippen LogP contribution is 2.48. The molecule has 3 atom stereocenters. The summed E-state index contributed by atoms with van der Waals surface area (Å²) in [6, 6.07) is 7.19. The van der Waals surface area contributed by atoms with Gasteiger partial charge in [-0.15, -0.1) is 0 Å². The lowest BCUT2D eigenvalue weighted by Gasteiger charge is -2.20. The molecule has 19 heavy (non-hydrogen) atoms. The van der Waals surface area contributed by atoms with Crippen molar-refractivity contribution in [3.8, 4) is 0 Å². The average Bonchev–Trinajstić information content (AvgIpc) is 3.01. The lowest BCUT2D eigenvalue weighted by molar-refractivity contribution is -0.121. The molecule has 0 saturated heterocycles. The summed E-state index contributed by atoms with van der Waals surface area (Å²) in [5, 5.41) is 2.97. The first kappa shape index (κ1) is 12.4. The van der Waals surface area contributed by atoms with Crippen molar-refractivity contribution in [2.24, 2.45) is 17.8 Å². The van der Waals surface area contributed by atoms with Crippen LogP contribution in [0.4, 0.5) is 5.69 Å². The second kappa shape index (κ2) is 4.80. The normalized spacial score (nSPS) is 28.4. The third-order valence-electron chi connectivity index (χ3n) is 4.61. The van der Waals surface area contributed by atoms with E-state index in [4.69, 9.17) is 0 Å². The van der Waals surface area contributed by atoms with Gasteiger partial charge in [-0.3, -0.25) is 9.59 Å². The number of rotatable bonds is 3. The number of anilines is 1. The summed E-state index contributed by atoms with van der Waals surface area (Å²) >= 11 is 0. The summed E-state index contributed by atoms with van der Waals surface area (Å²) in [4.78, 5) is 23.6. The third kappa shape index (κ3) is 2.42. The fraction of sp³-hybridized carbons (Fsp3) is 0.500. The van der Waals surface area contributed by atoms with Gasteiger partial charge in [0.1, 0.15) is 0 Å². The van der Waals surface area contributed by atoms with Crippen LogP contribution in [0.15, 0.2) is 24.3 Å². The minimum Gasteiger partial charge on any atom is -0.326 e. The van der Waals surface area contributed by atoms with Crippen molar-refractivity contribution >= 4 is 17.4 Å². The lowest BCUT2D eigenvalue weighted by Crippen LogP contribution is -2.27. The second-order valence-corrected chi connectivity index (χ2v) is 5.91. The number of nitrogens with one attached hydrogen (secondary N) is 1. The molecule has 1 amide bonds. The molecule has 0 aliphatic heterocycles. The van der Waals surface area contributed by atoms with Crippen LogP contribution >= 0.6 is 0 Å². The Morgan fingerprint density at radius 3 is 2.68 bits per heavy atom. The largest absolute Gasteiger partial charge is 0.326 e. The van der Waals surface area contributed by atoms with E-state index in [1.807, 2.05) is 12.1 Å². The highest BCUT2D eigenvalue weighted by atomic mass is 16.2. The van der Waals surface area contributed by atoms with Gasteiger partial charge < -0.3 is 5.32 Å². The Balaban J connectivity index is 1.69. The molecule has 1 N–H and O–H groups in total. The van der Waals surface area contributed by atoms with Gasteiger partial charge in [0, 0.05) is 17.2 Å². The van der Waals surface area contributed by atoms with Crippen molar-refractivity contribution in [1.82, 2.24) is 0 Å². The van der Waals surface area contributed by atoms with Gasteiger partial charge in [0.15, 0.2) is 5.78 Å². The molecule has 2 fully saturated rings. The molecule has 2 saturated carbocycles. The number of carbonyl (C=O) groups is 2. The van der Waals surface area contributed by atoms with Crippen molar-refractivity contribution < 1.29 is 9.59 Å². The van der Waals surface area contributed by atoms with Crippen LogP contribution < -0.4 is 5.32 Å². The van der Waals surface area contributed by atoms with E-state index in [1.165, 1.54) is 26.2 Å². The van der Waals surface area contributed by atoms with Crippen molar-refractivity contribution in [2.45, 2.75) is 32.6 Å². The smallest absolute Gasteiger partial charge is 0.227 e. The molecule has 0 unspecified atom stereocenters. The quantitative estimate of drug-likeness (QED) is 0.845. The molecule has 3 rings (SSSR count). The molecular weight excluding hydrogens is 238 g/mol. The van der Waals surface area contributed by atoms with Crippen LogP contribution in [-0.4, -0.2) is 11.7 Å². The molecule has 0 heterocycles. The fourth-order valence-electron chi connectivity index (χ4n) is 3.62. The molecular formula is C16H19NO2. The molecule has 2 aliphatic rings. The number of carbonyl (C=O) groups excluding carboxylic acids is 2. The number of fused-ring (bicyclic) bond motifs is 2. The van der Waals surface area contributed by atoms with Crippen molar-refractivity contribution in [3.63, 3.8) is 0 Å². The first-order valence-corrected chi connectivity index (χ1v) is 7.05. The van der Waals surface area contributed by atoms with E-state index >= 15 is 0 Å². The van der Waals surface area contributed by atoms with E-state index in [0.29, 0.717) is 11.5 Å². The molecule has 0 radical (unpaired) electrons. The van der Waals surface area contributed by atoms with Gasteiger partial charge in [0.25, 0.3) is 0 Å². The highest BCUT2D eigenvalue weighted by molar-refractivity contribution is 5.97. The number of hydrogen-bond acceptors (Lipinski definition) is 2. The Morgan fingerprint density at radius 1 is 1.21 bits per heavy atom. The molecule has 2 bridgehead atoms. The minimum atomic E-state index is 0.0241. The Labute approximate surface area is 113 Å². The zero-order chi connectivity index (χ0) is 13.4. The third-order valence-corrected chi connectivity index (χ3v) is 4.61. The summed E-state index contributed by atoms with van der Waals surface area (Å²) in [6.45, 7) is 1.54. The summed E-state index contributed by atoms with van der Waals surface area (Å²) in [5.74, 6) is 1.69. The molecule has 3 nitrogen and oxygen atoms in total. The van der Waals surface area contributed by atoms with Gasteiger partial charge >= 0.3 is 0 Å². The minimum absolute atomic E-state index is 0.0241. The van der Waals surface area contributed by atoms with Crippen molar-refractivity contribution in [1.29, 1.82) is 0 Å². The number of ketones is 1. The zero-order valence-electron chi connectivity index (χ0n) is 11.2. The molecule has 3 heteroatoms. The second-order valence-electron chi connectivity index (χ2n) is 5.91. The number of hydrogen-bond donors (Lipinski definition) is 1. The van der Waals surface area contributed by atoms with E-state index in [9.17, 15) is 9.59 Å². The number of Topliss-reactive ketones (excluding diaryl/α,β-unsaturated/α-hetero) is 1. The van der Waals surface area contributed by atoms with Crippen LogP contribution in [0.1, 0.15) is 43.0 Å². The highest BCUT2D eigenvalue weighted by Gasteiger charge is 2.42. The fourth-order valence-corrected chi connectivity index (χ4v) is 3.62. The van der Waals surface area contributed by atoms with E-state index in [1.54, 1.807) is 12.1 Å². The maximum atomic E-state index is 12.3. The maximum absolute atomic E-state index is 12.3. The van der Waals surface area contributed by atoms with Gasteiger partial charge in [-0.25, -0.2) is 0 Å². The predicted molar refractivity (Wildman–Crippen MR) is 74.0 cm³/mol. The number of amides is 1. The van der Waals surface area contributed by atoms with Crippen LogP contribution in [0, 0.1) is 17.8 Å². The average molecular weight is 257 g/mol. The van der Waals surface area contributed by atoms with Gasteiger partial charge in [0.05, 0.1) is 0 Å². The van der Waals surface area contributed by atoms with Crippen molar-refractivity contribution in [2.75, 3.05) is 5.32 Å². The van der Waals surface area contributed by atoms with E-state index < -0.39 is 0 Å². The SMILES string of the molecule is CC(=O)c1cccc(NC(=O)[C@@H]2C[C@H]3CC[C@H]2C3)c1. The topological polar surface area (TPSA) is 46.2 Å². The van der Waals surface area contributed by atoms with E-state index in [0.717, 1.165) is 18.0 Å². The van der Waals surface area contributed by atoms with Gasteiger partial charge in [-0.05, 0) is 50.2 Å². The van der Waals surface area contributed by atoms with Crippen LogP contribution in [0.3, 0.4) is 0 Å². The van der Waals surface area contributed by atoms with Gasteiger partial charge in [0.2, 0.25) is 5.91 Å². The molecule has 0 aromatic heterocycles. The van der Waals surface area contributed by atoms with Crippen LogP contribution in [-0.2, 0) is 4.79 Å². The van der Waals surface area contributed by atoms with Crippen LogP contribution in [0.5, 0.6) is 0 Å². The molecule has 2 aliphatic carbocycles. The summed E-state index contributed by atoms with van der Waals surface area (Å²) in [5.41, 5.74) is 1.38. The molecule has 100 valence electrons. The summed E-state index contributed by atoms with van der Waals surface area (Å²) in [7, 11) is 0. The first-order valence-electron chi connectivity index (χ1n) is 7.05. The zero-order valence-corrected chi connectivity index (χ0v) is 11.2. The standard InChI is InChI=1S/C16H19NO2/c1-10(18)12-3-2-4-14(9-12)17-16(19)15-8-11-5-6-13(15)7-11/h2-4,9,11,13,15H,5-8H2,1H3,(H,17,19)/t11-,13-,15+/m0/s1. The molecule has 0 spiro atoms. The summed E-state index contributed by atoms with van der Waals surface area (Å²) in [6.07, 6.45) is 4.78. The van der Waals surface area contributed by atoms with E-state index in [2.05, 4.69) is 5.32 Å². The Morgan fingerprint density at radius 2 is 2.05 bits per heavy atom. The first-order chi connectivity index (χ1) is 9.13. The Kier molecular flexibility index (Phi) is 3.13. The molecule has 1 aromatic rings. The van der Waals surface area contributed by atoms with Crippen LogP contribution in [0.25, 0.3) is 0 Å². The van der Waals surface area contributed by atoms with Crippen LogP contribution in [0.2, 0.25) is 0 Å². The van der Waals surface area contributed by atoms with E-state index in [-0.39, 0.29) is 17.6 Å². The van der Waals surface area contributed by atoms with Gasteiger partial charge in [-0.2, -0.15) is 0 Å². The summed E-state index contributed by atoms with van der Waals surface area (Å²) < 4.78 is 0. The molecule has 1 aromatic carbocycles. The van der Waals surface area contributed by atoms with Crippen molar-refractivity contribution in [3.05, 3.63) is 29.8 Å². The Bertz CT molecular complexity index is 523. The Hall–Kier alpha value is -1.64.